The Balaban J connectivity index is 1.54. The number of nitrogens with zero attached hydrogens (tertiary/aromatic N) is 2. The van der Waals surface area contributed by atoms with Gasteiger partial charge in [0.25, 0.3) is 0 Å². The van der Waals surface area contributed by atoms with Crippen molar-refractivity contribution in [2.45, 2.75) is 45.7 Å². The molecule has 2 aromatic rings. The van der Waals surface area contributed by atoms with Crippen molar-refractivity contribution >= 4 is 32.9 Å². The van der Waals surface area contributed by atoms with E-state index in [2.05, 4.69) is 33.1 Å². The second-order valence-corrected chi connectivity index (χ2v) is 7.86. The smallest absolute Gasteiger partial charge is 0.408 e. The molecular formula is C19H26BrN3O3. The zero-order chi connectivity index (χ0) is 18.5. The number of likely N-dealkylation sites (tertiary alicyclic amines) is 1. The molecule has 1 aliphatic heterocycles. The Hall–Kier alpha value is -1.60. The Morgan fingerprint density at radius 1 is 1.31 bits per heavy atom. The first kappa shape index (κ1) is 19.2. The van der Waals surface area contributed by atoms with E-state index < -0.39 is 0 Å². The molecule has 0 unspecified atom stereocenters. The molecule has 1 aromatic carbocycles. The summed E-state index contributed by atoms with van der Waals surface area (Å²) in [5, 5.41) is 3.05. The van der Waals surface area contributed by atoms with E-state index in [9.17, 15) is 9.59 Å². The number of oxazole rings is 1. The number of fused-ring (bicyclic) bond motifs is 1. The highest BCUT2D eigenvalue weighted by atomic mass is 79.9. The summed E-state index contributed by atoms with van der Waals surface area (Å²) in [6, 6.07) is 5.60. The summed E-state index contributed by atoms with van der Waals surface area (Å²) >= 11 is 3.39. The summed E-state index contributed by atoms with van der Waals surface area (Å²) in [4.78, 5) is 26.6. The minimum Gasteiger partial charge on any atom is -0.408 e. The highest BCUT2D eigenvalue weighted by Crippen LogP contribution is 2.21. The lowest BCUT2D eigenvalue weighted by Crippen LogP contribution is -2.42. The summed E-state index contributed by atoms with van der Waals surface area (Å²) in [5.74, 6) is -0.0768. The highest BCUT2D eigenvalue weighted by Gasteiger charge is 2.25. The number of nitrogens with one attached hydrogen (secondary N) is 1. The molecule has 0 atom stereocenters. The van der Waals surface area contributed by atoms with Gasteiger partial charge in [-0.25, -0.2) is 4.79 Å². The fourth-order valence-corrected chi connectivity index (χ4v) is 3.78. The molecule has 0 saturated carbocycles. The fraction of sp³-hybridized carbons (Fsp3) is 0.579. The van der Waals surface area contributed by atoms with E-state index in [0.29, 0.717) is 12.3 Å². The maximum atomic E-state index is 12.2. The molecule has 1 aliphatic rings. The lowest BCUT2D eigenvalue weighted by molar-refractivity contribution is -0.126. The maximum Gasteiger partial charge on any atom is 0.421 e. The van der Waals surface area contributed by atoms with Gasteiger partial charge in [0.1, 0.15) is 0 Å². The first-order valence-electron chi connectivity index (χ1n) is 9.37. The third-order valence-corrected chi connectivity index (χ3v) is 5.50. The number of piperidine rings is 1. The molecule has 1 N–H and O–H groups in total. The molecule has 6 nitrogen and oxygen atoms in total. The minimum atomic E-state index is -0.339. The number of carbonyl (C=O) groups is 1. The van der Waals surface area contributed by atoms with Crippen LogP contribution in [0.25, 0.3) is 11.1 Å². The lowest BCUT2D eigenvalue weighted by Gasteiger charge is -2.31. The Morgan fingerprint density at radius 3 is 2.81 bits per heavy atom. The number of hydrogen-bond acceptors (Lipinski definition) is 4. The summed E-state index contributed by atoms with van der Waals surface area (Å²) in [6.45, 7) is 5.05. The molecule has 7 heteroatoms. The summed E-state index contributed by atoms with van der Waals surface area (Å²) in [6.07, 6.45) is 5.02. The number of carbonyl (C=O) groups excluding carboxylic acids is 1. The van der Waals surface area contributed by atoms with E-state index >= 15 is 0 Å². The number of unbranched alkanes of at least 4 members (excludes halogenated alkanes) is 2. The molecule has 0 spiro atoms. The van der Waals surface area contributed by atoms with Crippen molar-refractivity contribution in [3.05, 3.63) is 33.2 Å². The van der Waals surface area contributed by atoms with Crippen molar-refractivity contribution in [1.82, 2.24) is 14.8 Å². The van der Waals surface area contributed by atoms with Gasteiger partial charge < -0.3 is 9.73 Å². The van der Waals surface area contributed by atoms with E-state index in [-0.39, 0.29) is 17.6 Å². The third kappa shape index (κ3) is 4.57. The molecule has 0 bridgehead atoms. The van der Waals surface area contributed by atoms with Gasteiger partial charge in [-0.3, -0.25) is 14.3 Å². The summed E-state index contributed by atoms with van der Waals surface area (Å²) < 4.78 is 7.88. The van der Waals surface area contributed by atoms with Gasteiger partial charge in [0.15, 0.2) is 5.58 Å². The lowest BCUT2D eigenvalue weighted by atomic mass is 9.96. The van der Waals surface area contributed by atoms with Gasteiger partial charge in [0.2, 0.25) is 5.91 Å². The average Bonchev–Trinajstić information content (AvgIpc) is 2.93. The standard InChI is InChI=1S/C19H26BrN3O3/c1-2-3-4-9-21-18(24)14-7-10-22(11-8-14)13-23-16-6-5-15(20)12-17(16)26-19(23)25/h5-6,12,14H,2-4,7-11,13H2,1H3,(H,21,24). The molecular weight excluding hydrogens is 398 g/mol. The number of rotatable bonds is 7. The third-order valence-electron chi connectivity index (χ3n) is 5.01. The first-order chi connectivity index (χ1) is 12.6. The number of hydrogen-bond donors (Lipinski definition) is 1. The quantitative estimate of drug-likeness (QED) is 0.693. The van der Waals surface area contributed by atoms with Crippen molar-refractivity contribution in [1.29, 1.82) is 0 Å². The van der Waals surface area contributed by atoms with Crippen molar-refractivity contribution < 1.29 is 9.21 Å². The second kappa shape index (κ2) is 8.86. The average molecular weight is 424 g/mol. The number of aromatic nitrogens is 1. The Labute approximate surface area is 161 Å². The van der Waals surface area contributed by atoms with Crippen LogP contribution in [-0.2, 0) is 11.5 Å². The number of halogens is 1. The van der Waals surface area contributed by atoms with Gasteiger partial charge in [0.05, 0.1) is 12.2 Å². The molecule has 142 valence electrons. The molecule has 1 aromatic heterocycles. The Morgan fingerprint density at radius 2 is 2.08 bits per heavy atom. The van der Waals surface area contributed by atoms with E-state index in [1.165, 1.54) is 0 Å². The van der Waals surface area contributed by atoms with Crippen LogP contribution >= 0.6 is 15.9 Å². The summed E-state index contributed by atoms with van der Waals surface area (Å²) in [7, 11) is 0. The first-order valence-corrected chi connectivity index (χ1v) is 10.2. The summed E-state index contributed by atoms with van der Waals surface area (Å²) in [5.41, 5.74) is 1.39. The Kier molecular flexibility index (Phi) is 6.53. The van der Waals surface area contributed by atoms with Crippen molar-refractivity contribution in [3.63, 3.8) is 0 Å². The van der Waals surface area contributed by atoms with Crippen molar-refractivity contribution in [3.8, 4) is 0 Å². The van der Waals surface area contributed by atoms with Crippen molar-refractivity contribution in [2.24, 2.45) is 5.92 Å². The fourth-order valence-electron chi connectivity index (χ4n) is 3.44. The SMILES string of the molecule is CCCCCNC(=O)C1CCN(Cn2c(=O)oc3cc(Br)ccc32)CC1. The van der Waals surface area contributed by atoms with Gasteiger partial charge in [-0.15, -0.1) is 0 Å². The number of amides is 1. The molecule has 1 fully saturated rings. The van der Waals surface area contributed by atoms with Crippen molar-refractivity contribution in [2.75, 3.05) is 19.6 Å². The number of benzene rings is 1. The molecule has 1 amide bonds. The van der Waals surface area contributed by atoms with Crippen LogP contribution in [0.2, 0.25) is 0 Å². The zero-order valence-electron chi connectivity index (χ0n) is 15.2. The molecule has 0 radical (unpaired) electrons. The van der Waals surface area contributed by atoms with Gasteiger partial charge in [-0.1, -0.05) is 35.7 Å². The predicted octanol–water partition coefficient (Wildman–Crippen LogP) is 3.33. The van der Waals surface area contributed by atoms with Gasteiger partial charge >= 0.3 is 5.76 Å². The monoisotopic (exact) mass is 423 g/mol. The minimum absolute atomic E-state index is 0.0849. The molecule has 26 heavy (non-hydrogen) atoms. The zero-order valence-corrected chi connectivity index (χ0v) is 16.8. The molecule has 1 saturated heterocycles. The predicted molar refractivity (Wildman–Crippen MR) is 105 cm³/mol. The van der Waals surface area contributed by atoms with E-state index in [1.54, 1.807) is 4.57 Å². The van der Waals surface area contributed by atoms with Gasteiger partial charge in [0, 0.05) is 30.0 Å². The van der Waals surface area contributed by atoms with Gasteiger partial charge in [-0.05, 0) is 37.5 Å². The molecule has 0 aliphatic carbocycles. The van der Waals surface area contributed by atoms with E-state index in [4.69, 9.17) is 4.42 Å². The second-order valence-electron chi connectivity index (χ2n) is 6.94. The molecule has 2 heterocycles. The Bertz CT molecular complexity index is 806. The van der Waals surface area contributed by atoms with Crippen LogP contribution < -0.4 is 11.1 Å². The molecule has 3 rings (SSSR count). The maximum absolute atomic E-state index is 12.2. The largest absolute Gasteiger partial charge is 0.421 e. The van der Waals surface area contributed by atoms with Crippen LogP contribution in [0.1, 0.15) is 39.0 Å². The van der Waals surface area contributed by atoms with E-state index in [0.717, 1.165) is 61.7 Å². The van der Waals surface area contributed by atoms with E-state index in [1.807, 2.05) is 18.2 Å². The van der Waals surface area contributed by atoms with Crippen LogP contribution in [0, 0.1) is 5.92 Å². The van der Waals surface area contributed by atoms with Crippen LogP contribution in [0.5, 0.6) is 0 Å². The van der Waals surface area contributed by atoms with Gasteiger partial charge in [-0.2, -0.15) is 0 Å². The van der Waals surface area contributed by atoms with Crippen LogP contribution in [-0.4, -0.2) is 35.0 Å². The normalized spacial score (nSPS) is 16.2. The highest BCUT2D eigenvalue weighted by molar-refractivity contribution is 9.10. The van der Waals surface area contributed by atoms with Crippen LogP contribution in [0.4, 0.5) is 0 Å². The topological polar surface area (TPSA) is 67.5 Å². The van der Waals surface area contributed by atoms with Crippen LogP contribution in [0.15, 0.2) is 31.9 Å². The van der Waals surface area contributed by atoms with Crippen LogP contribution in [0.3, 0.4) is 0 Å².